The van der Waals surface area contributed by atoms with Gasteiger partial charge in [-0.2, -0.15) is 0 Å². The standard InChI is InChI=1S/C13H19IN2/c1-10-8-16(11(2)7-15-10)9-12-4-3-5-13(14)6-12/h3-6,10-11,15H,7-9H2,1-2H3/t10-,11+/m0/s1. The van der Waals surface area contributed by atoms with E-state index in [1.807, 2.05) is 0 Å². The van der Waals surface area contributed by atoms with Crippen LogP contribution in [0.15, 0.2) is 24.3 Å². The van der Waals surface area contributed by atoms with Gasteiger partial charge in [0.25, 0.3) is 0 Å². The first-order chi connectivity index (χ1) is 7.65. The van der Waals surface area contributed by atoms with Crippen LogP contribution in [0.4, 0.5) is 0 Å². The van der Waals surface area contributed by atoms with Gasteiger partial charge >= 0.3 is 0 Å². The summed E-state index contributed by atoms with van der Waals surface area (Å²) in [6.07, 6.45) is 0. The van der Waals surface area contributed by atoms with Crippen LogP contribution < -0.4 is 5.32 Å². The summed E-state index contributed by atoms with van der Waals surface area (Å²) in [6.45, 7) is 7.88. The molecule has 1 fully saturated rings. The maximum absolute atomic E-state index is 3.52. The van der Waals surface area contributed by atoms with Crippen molar-refractivity contribution >= 4 is 22.6 Å². The van der Waals surface area contributed by atoms with Crippen LogP contribution in [0, 0.1) is 3.57 Å². The Hall–Kier alpha value is -0.130. The molecule has 88 valence electrons. The highest BCUT2D eigenvalue weighted by Gasteiger charge is 2.21. The average Bonchev–Trinajstić information content (AvgIpc) is 2.24. The van der Waals surface area contributed by atoms with Gasteiger partial charge < -0.3 is 5.32 Å². The van der Waals surface area contributed by atoms with Crippen LogP contribution >= 0.6 is 22.6 Å². The molecule has 2 nitrogen and oxygen atoms in total. The minimum absolute atomic E-state index is 0.610. The van der Waals surface area contributed by atoms with E-state index in [4.69, 9.17) is 0 Å². The van der Waals surface area contributed by atoms with Gasteiger partial charge in [-0.15, -0.1) is 0 Å². The van der Waals surface area contributed by atoms with E-state index in [9.17, 15) is 0 Å². The van der Waals surface area contributed by atoms with Crippen molar-refractivity contribution in [1.29, 1.82) is 0 Å². The molecule has 0 aliphatic carbocycles. The molecule has 2 rings (SSSR count). The minimum Gasteiger partial charge on any atom is -0.311 e. The topological polar surface area (TPSA) is 15.3 Å². The van der Waals surface area contributed by atoms with E-state index in [1.165, 1.54) is 9.13 Å². The second-order valence-electron chi connectivity index (χ2n) is 4.72. The van der Waals surface area contributed by atoms with Crippen molar-refractivity contribution < 1.29 is 0 Å². The first-order valence-electron chi connectivity index (χ1n) is 5.87. The van der Waals surface area contributed by atoms with Crippen LogP contribution in [0.3, 0.4) is 0 Å². The van der Waals surface area contributed by atoms with Crippen molar-refractivity contribution in [2.24, 2.45) is 0 Å². The molecule has 0 saturated carbocycles. The Morgan fingerprint density at radius 2 is 2.25 bits per heavy atom. The number of benzene rings is 1. The first-order valence-corrected chi connectivity index (χ1v) is 6.95. The quantitative estimate of drug-likeness (QED) is 0.838. The Morgan fingerprint density at radius 1 is 1.44 bits per heavy atom. The van der Waals surface area contributed by atoms with Crippen molar-refractivity contribution in [1.82, 2.24) is 10.2 Å². The van der Waals surface area contributed by atoms with E-state index in [-0.39, 0.29) is 0 Å². The third kappa shape index (κ3) is 3.18. The largest absolute Gasteiger partial charge is 0.311 e. The van der Waals surface area contributed by atoms with Gasteiger partial charge in [-0.3, -0.25) is 4.90 Å². The normalized spacial score (nSPS) is 26.9. The summed E-state index contributed by atoms with van der Waals surface area (Å²) in [5.41, 5.74) is 1.42. The molecule has 1 aromatic carbocycles. The van der Waals surface area contributed by atoms with Crippen molar-refractivity contribution in [3.8, 4) is 0 Å². The summed E-state index contributed by atoms with van der Waals surface area (Å²) in [7, 11) is 0. The Balaban J connectivity index is 2.02. The molecule has 1 aliphatic rings. The average molecular weight is 330 g/mol. The molecule has 3 heteroatoms. The summed E-state index contributed by atoms with van der Waals surface area (Å²) in [5.74, 6) is 0. The Labute approximate surface area is 112 Å². The van der Waals surface area contributed by atoms with Gasteiger partial charge in [-0.05, 0) is 54.1 Å². The van der Waals surface area contributed by atoms with E-state index in [0.717, 1.165) is 19.6 Å². The maximum atomic E-state index is 3.52. The molecule has 16 heavy (non-hydrogen) atoms. The molecule has 0 aromatic heterocycles. The number of halogens is 1. The van der Waals surface area contributed by atoms with Crippen molar-refractivity contribution in [2.75, 3.05) is 13.1 Å². The SMILES string of the molecule is C[C@@H]1CN[C@@H](C)CN1Cc1cccc(I)c1. The zero-order valence-corrected chi connectivity index (χ0v) is 12.1. The molecule has 0 bridgehead atoms. The predicted octanol–water partition coefficient (Wildman–Crippen LogP) is 2.47. The van der Waals surface area contributed by atoms with Crippen LogP contribution in [0.2, 0.25) is 0 Å². The van der Waals surface area contributed by atoms with Gasteiger partial charge in [-0.1, -0.05) is 12.1 Å². The summed E-state index contributed by atoms with van der Waals surface area (Å²) in [4.78, 5) is 2.56. The van der Waals surface area contributed by atoms with Gasteiger partial charge in [0.2, 0.25) is 0 Å². The van der Waals surface area contributed by atoms with E-state index >= 15 is 0 Å². The van der Waals surface area contributed by atoms with Gasteiger partial charge in [-0.25, -0.2) is 0 Å². The summed E-state index contributed by atoms with van der Waals surface area (Å²) < 4.78 is 1.32. The van der Waals surface area contributed by atoms with E-state index in [2.05, 4.69) is 70.9 Å². The summed E-state index contributed by atoms with van der Waals surface area (Å²) in [6, 6.07) is 10.0. The second kappa shape index (κ2) is 5.47. The van der Waals surface area contributed by atoms with Crippen molar-refractivity contribution in [3.63, 3.8) is 0 Å². The van der Waals surface area contributed by atoms with E-state index < -0.39 is 0 Å². The zero-order chi connectivity index (χ0) is 11.5. The zero-order valence-electron chi connectivity index (χ0n) is 9.91. The fourth-order valence-corrected chi connectivity index (χ4v) is 2.79. The van der Waals surface area contributed by atoms with Gasteiger partial charge in [0.15, 0.2) is 0 Å². The molecule has 0 spiro atoms. The smallest absolute Gasteiger partial charge is 0.0238 e. The molecule has 0 radical (unpaired) electrons. The Morgan fingerprint density at radius 3 is 3.00 bits per heavy atom. The van der Waals surface area contributed by atoms with Crippen LogP contribution in [0.25, 0.3) is 0 Å². The lowest BCUT2D eigenvalue weighted by molar-refractivity contribution is 0.139. The third-order valence-electron chi connectivity index (χ3n) is 3.17. The fourth-order valence-electron chi connectivity index (χ4n) is 2.19. The lowest BCUT2D eigenvalue weighted by Crippen LogP contribution is -2.53. The highest BCUT2D eigenvalue weighted by atomic mass is 127. The lowest BCUT2D eigenvalue weighted by Gasteiger charge is -2.37. The molecule has 1 aliphatic heterocycles. The van der Waals surface area contributed by atoms with Crippen molar-refractivity contribution in [3.05, 3.63) is 33.4 Å². The number of rotatable bonds is 2. The van der Waals surface area contributed by atoms with Gasteiger partial charge in [0.1, 0.15) is 0 Å². The molecule has 2 atom stereocenters. The van der Waals surface area contributed by atoms with Gasteiger partial charge in [0, 0.05) is 35.3 Å². The molecule has 1 saturated heterocycles. The Kier molecular flexibility index (Phi) is 4.21. The molecule has 1 aromatic rings. The molecule has 0 unspecified atom stereocenters. The number of nitrogens with one attached hydrogen (secondary N) is 1. The van der Waals surface area contributed by atoms with Crippen molar-refractivity contribution in [2.45, 2.75) is 32.5 Å². The fraction of sp³-hybridized carbons (Fsp3) is 0.538. The highest BCUT2D eigenvalue weighted by molar-refractivity contribution is 14.1. The summed E-state index contributed by atoms with van der Waals surface area (Å²) in [5, 5.41) is 3.52. The van der Waals surface area contributed by atoms with Crippen LogP contribution in [-0.4, -0.2) is 30.1 Å². The van der Waals surface area contributed by atoms with Gasteiger partial charge in [0.05, 0.1) is 0 Å². The van der Waals surface area contributed by atoms with Crippen LogP contribution in [0.5, 0.6) is 0 Å². The molecular weight excluding hydrogens is 311 g/mol. The number of nitrogens with zero attached hydrogens (tertiary/aromatic N) is 1. The van der Waals surface area contributed by atoms with Crippen LogP contribution in [-0.2, 0) is 6.54 Å². The first kappa shape index (κ1) is 12.3. The molecule has 1 heterocycles. The van der Waals surface area contributed by atoms with E-state index in [0.29, 0.717) is 12.1 Å². The molecule has 0 amide bonds. The minimum atomic E-state index is 0.610. The summed E-state index contributed by atoms with van der Waals surface area (Å²) >= 11 is 2.38. The van der Waals surface area contributed by atoms with Crippen LogP contribution in [0.1, 0.15) is 19.4 Å². The predicted molar refractivity (Wildman–Crippen MR) is 76.5 cm³/mol. The second-order valence-corrected chi connectivity index (χ2v) is 5.96. The highest BCUT2D eigenvalue weighted by Crippen LogP contribution is 2.14. The monoisotopic (exact) mass is 330 g/mol. The number of hydrogen-bond acceptors (Lipinski definition) is 2. The number of piperazine rings is 1. The lowest BCUT2D eigenvalue weighted by atomic mass is 10.1. The maximum Gasteiger partial charge on any atom is 0.0238 e. The molecule has 1 N–H and O–H groups in total. The molecular formula is C13H19IN2. The third-order valence-corrected chi connectivity index (χ3v) is 3.84. The van der Waals surface area contributed by atoms with E-state index in [1.54, 1.807) is 0 Å². The number of hydrogen-bond donors (Lipinski definition) is 1. The Bertz CT molecular complexity index is 354.